The van der Waals surface area contributed by atoms with Gasteiger partial charge in [-0.15, -0.1) is 11.3 Å². The zero-order valence-electron chi connectivity index (χ0n) is 15.7. The lowest BCUT2D eigenvalue weighted by molar-refractivity contribution is 0.239. The Morgan fingerprint density at radius 3 is 2.79 bits per heavy atom. The first-order valence-electron chi connectivity index (χ1n) is 9.51. The standard InChI is InChI=1S/C22H19N5OS/c28-22-17-14-27(13-16-3-1-4-19(24-16)20-5-2-12-29-20)11-8-18(17)25-21(26-22)15-6-9-23-10-7-15/h1-7,9-10,12H,8,11,13-14H2,(H,25,26,28). The molecule has 0 amide bonds. The molecule has 4 aromatic rings. The number of H-pyrrole nitrogens is 1. The predicted molar refractivity (Wildman–Crippen MR) is 113 cm³/mol. The van der Waals surface area contributed by atoms with Crippen LogP contribution in [0.4, 0.5) is 0 Å². The van der Waals surface area contributed by atoms with Crippen LogP contribution in [0.5, 0.6) is 0 Å². The molecule has 4 aromatic heterocycles. The highest BCUT2D eigenvalue weighted by Gasteiger charge is 2.22. The van der Waals surface area contributed by atoms with E-state index in [1.54, 1.807) is 23.7 Å². The number of thiophene rings is 1. The molecule has 1 aliphatic heterocycles. The van der Waals surface area contributed by atoms with E-state index in [0.29, 0.717) is 18.9 Å². The van der Waals surface area contributed by atoms with Crippen LogP contribution in [0.15, 0.2) is 65.0 Å². The summed E-state index contributed by atoms with van der Waals surface area (Å²) in [5, 5.41) is 2.06. The summed E-state index contributed by atoms with van der Waals surface area (Å²) >= 11 is 1.69. The van der Waals surface area contributed by atoms with Crippen LogP contribution in [-0.2, 0) is 19.5 Å². The van der Waals surface area contributed by atoms with Gasteiger partial charge >= 0.3 is 0 Å². The van der Waals surface area contributed by atoms with Crippen molar-refractivity contribution in [2.45, 2.75) is 19.5 Å². The van der Waals surface area contributed by atoms with Crippen LogP contribution < -0.4 is 5.56 Å². The lowest BCUT2D eigenvalue weighted by Crippen LogP contribution is -2.35. The summed E-state index contributed by atoms with van der Waals surface area (Å²) in [6.45, 7) is 2.15. The van der Waals surface area contributed by atoms with Gasteiger partial charge in [0.15, 0.2) is 0 Å². The quantitative estimate of drug-likeness (QED) is 0.566. The highest BCUT2D eigenvalue weighted by Crippen LogP contribution is 2.24. The minimum atomic E-state index is -0.0631. The molecule has 6 nitrogen and oxygen atoms in total. The third kappa shape index (κ3) is 3.74. The van der Waals surface area contributed by atoms with E-state index in [1.165, 1.54) is 4.88 Å². The van der Waals surface area contributed by atoms with Gasteiger partial charge in [0, 0.05) is 44.0 Å². The van der Waals surface area contributed by atoms with Crippen molar-refractivity contribution in [1.29, 1.82) is 0 Å². The number of nitrogens with one attached hydrogen (secondary N) is 1. The Balaban J connectivity index is 1.37. The topological polar surface area (TPSA) is 74.8 Å². The highest BCUT2D eigenvalue weighted by atomic mass is 32.1. The molecule has 0 aromatic carbocycles. The van der Waals surface area contributed by atoms with Crippen molar-refractivity contribution in [2.24, 2.45) is 0 Å². The van der Waals surface area contributed by atoms with Crippen molar-refractivity contribution in [3.63, 3.8) is 0 Å². The molecular weight excluding hydrogens is 382 g/mol. The molecule has 144 valence electrons. The molecule has 0 radical (unpaired) electrons. The fourth-order valence-electron chi connectivity index (χ4n) is 3.62. The molecule has 0 bridgehead atoms. The van der Waals surface area contributed by atoms with Gasteiger partial charge in [0.1, 0.15) is 5.82 Å². The maximum atomic E-state index is 12.7. The first kappa shape index (κ1) is 17.9. The summed E-state index contributed by atoms with van der Waals surface area (Å²) in [4.78, 5) is 32.6. The fraction of sp³-hybridized carbons (Fsp3) is 0.182. The molecule has 1 N–H and O–H groups in total. The normalized spacial score (nSPS) is 13.9. The first-order chi connectivity index (χ1) is 14.3. The number of pyridine rings is 2. The molecule has 0 unspecified atom stereocenters. The van der Waals surface area contributed by atoms with Crippen LogP contribution in [0.2, 0.25) is 0 Å². The zero-order valence-corrected chi connectivity index (χ0v) is 16.5. The third-order valence-electron chi connectivity index (χ3n) is 5.07. The van der Waals surface area contributed by atoms with Crippen LogP contribution in [0.1, 0.15) is 17.0 Å². The van der Waals surface area contributed by atoms with Gasteiger partial charge in [0.25, 0.3) is 5.56 Å². The maximum Gasteiger partial charge on any atom is 0.255 e. The van der Waals surface area contributed by atoms with Gasteiger partial charge in [0.2, 0.25) is 0 Å². The van der Waals surface area contributed by atoms with Gasteiger partial charge < -0.3 is 4.98 Å². The number of hydrogen-bond donors (Lipinski definition) is 1. The average molecular weight is 401 g/mol. The van der Waals surface area contributed by atoms with Crippen molar-refractivity contribution in [3.8, 4) is 22.0 Å². The summed E-state index contributed by atoms with van der Waals surface area (Å²) in [6.07, 6.45) is 4.16. The zero-order chi connectivity index (χ0) is 19.6. The van der Waals surface area contributed by atoms with Crippen LogP contribution in [0.25, 0.3) is 22.0 Å². The van der Waals surface area contributed by atoms with Crippen LogP contribution >= 0.6 is 11.3 Å². The monoisotopic (exact) mass is 401 g/mol. The van der Waals surface area contributed by atoms with Crippen molar-refractivity contribution in [3.05, 3.63) is 87.5 Å². The van der Waals surface area contributed by atoms with Crippen molar-refractivity contribution in [1.82, 2.24) is 24.8 Å². The van der Waals surface area contributed by atoms with Crippen LogP contribution in [0.3, 0.4) is 0 Å². The Hall–Kier alpha value is -3.16. The second kappa shape index (κ2) is 7.69. The van der Waals surface area contributed by atoms with Gasteiger partial charge in [-0.05, 0) is 35.7 Å². The average Bonchev–Trinajstić information content (AvgIpc) is 3.30. The van der Waals surface area contributed by atoms with Gasteiger partial charge in [-0.3, -0.25) is 19.7 Å². The fourth-order valence-corrected chi connectivity index (χ4v) is 4.32. The van der Waals surface area contributed by atoms with Gasteiger partial charge in [0.05, 0.1) is 27.5 Å². The summed E-state index contributed by atoms with van der Waals surface area (Å²) in [7, 11) is 0. The van der Waals surface area contributed by atoms with Gasteiger partial charge in [-0.25, -0.2) is 4.98 Å². The minimum Gasteiger partial charge on any atom is -0.306 e. The van der Waals surface area contributed by atoms with E-state index in [9.17, 15) is 4.79 Å². The molecule has 0 aliphatic carbocycles. The van der Waals surface area contributed by atoms with Crippen LogP contribution in [0, 0.1) is 0 Å². The third-order valence-corrected chi connectivity index (χ3v) is 5.96. The van der Waals surface area contributed by atoms with E-state index in [2.05, 4.69) is 26.3 Å². The van der Waals surface area contributed by atoms with Crippen molar-refractivity contribution >= 4 is 11.3 Å². The number of fused-ring (bicyclic) bond motifs is 1. The number of nitrogens with zero attached hydrogens (tertiary/aromatic N) is 4. The molecule has 5 rings (SSSR count). The van der Waals surface area contributed by atoms with Gasteiger partial charge in [-0.1, -0.05) is 12.1 Å². The van der Waals surface area contributed by atoms with Crippen molar-refractivity contribution in [2.75, 3.05) is 6.54 Å². The highest BCUT2D eigenvalue weighted by molar-refractivity contribution is 7.13. The number of aromatic amines is 1. The Morgan fingerprint density at radius 2 is 1.97 bits per heavy atom. The molecule has 0 fully saturated rings. The molecular formula is C22H19N5OS. The molecule has 0 saturated heterocycles. The molecule has 5 heterocycles. The van der Waals surface area contributed by atoms with E-state index in [0.717, 1.165) is 41.2 Å². The Morgan fingerprint density at radius 1 is 1.07 bits per heavy atom. The number of rotatable bonds is 4. The molecule has 0 spiro atoms. The molecule has 29 heavy (non-hydrogen) atoms. The van der Waals surface area contributed by atoms with E-state index in [1.807, 2.05) is 36.4 Å². The van der Waals surface area contributed by atoms with Gasteiger partial charge in [-0.2, -0.15) is 0 Å². The Labute approximate surface area is 171 Å². The summed E-state index contributed by atoms with van der Waals surface area (Å²) in [5.41, 5.74) is 4.46. The second-order valence-corrected chi connectivity index (χ2v) is 7.98. The van der Waals surface area contributed by atoms with E-state index in [4.69, 9.17) is 9.97 Å². The predicted octanol–water partition coefficient (Wildman–Crippen LogP) is 3.51. The van der Waals surface area contributed by atoms with Crippen molar-refractivity contribution < 1.29 is 0 Å². The summed E-state index contributed by atoms with van der Waals surface area (Å²) in [6, 6.07) is 14.0. The molecule has 0 saturated carbocycles. The first-order valence-corrected chi connectivity index (χ1v) is 10.4. The molecule has 7 heteroatoms. The van der Waals surface area contributed by atoms with E-state index >= 15 is 0 Å². The maximum absolute atomic E-state index is 12.7. The SMILES string of the molecule is O=c1[nH]c(-c2ccncc2)nc2c1CN(Cc1cccc(-c3cccs3)n1)CC2. The van der Waals surface area contributed by atoms with E-state index < -0.39 is 0 Å². The van der Waals surface area contributed by atoms with Crippen LogP contribution in [-0.4, -0.2) is 31.4 Å². The smallest absolute Gasteiger partial charge is 0.255 e. The number of aromatic nitrogens is 4. The summed E-state index contributed by atoms with van der Waals surface area (Å²) < 4.78 is 0. The molecule has 0 atom stereocenters. The Bertz CT molecular complexity index is 1190. The molecule has 1 aliphatic rings. The lowest BCUT2D eigenvalue weighted by Gasteiger charge is -2.27. The number of hydrogen-bond acceptors (Lipinski definition) is 6. The minimum absolute atomic E-state index is 0.0631. The largest absolute Gasteiger partial charge is 0.306 e. The second-order valence-electron chi connectivity index (χ2n) is 7.03. The Kier molecular flexibility index (Phi) is 4.75. The lowest BCUT2D eigenvalue weighted by atomic mass is 10.1. The summed E-state index contributed by atoms with van der Waals surface area (Å²) in [5.74, 6) is 0.606. The van der Waals surface area contributed by atoms with E-state index in [-0.39, 0.29) is 5.56 Å².